The number of aromatic nitrogens is 2. The molecule has 0 aliphatic rings. The first-order valence-corrected chi connectivity index (χ1v) is 8.78. The number of rotatable bonds is 6. The number of aryl methyl sites for hydroxylation is 1. The Morgan fingerprint density at radius 2 is 1.90 bits per heavy atom. The second kappa shape index (κ2) is 8.42. The zero-order valence-electron chi connectivity index (χ0n) is 15.5. The van der Waals surface area contributed by atoms with Crippen LogP contribution in [0.1, 0.15) is 12.5 Å². The molecule has 1 heterocycles. The van der Waals surface area contributed by atoms with Gasteiger partial charge in [-0.2, -0.15) is 9.49 Å². The largest absolute Gasteiger partial charge is 0.324 e. The van der Waals surface area contributed by atoms with Crippen molar-refractivity contribution < 1.29 is 14.1 Å². The van der Waals surface area contributed by atoms with E-state index in [2.05, 4.69) is 10.4 Å². The molecule has 1 amide bonds. The maximum absolute atomic E-state index is 13.4. The Labute approximate surface area is 164 Å². The lowest BCUT2D eigenvalue weighted by atomic mass is 10.1. The van der Waals surface area contributed by atoms with Crippen molar-refractivity contribution in [2.45, 2.75) is 19.9 Å². The van der Waals surface area contributed by atoms with E-state index in [9.17, 15) is 24.1 Å². The number of benzene rings is 2. The molecule has 0 unspecified atom stereocenters. The highest BCUT2D eigenvalue weighted by Gasteiger charge is 2.16. The molecule has 0 bridgehead atoms. The lowest BCUT2D eigenvalue weighted by Crippen LogP contribution is -2.29. The molecular weight excluding hydrogens is 379 g/mol. The van der Waals surface area contributed by atoms with Gasteiger partial charge < -0.3 is 5.32 Å². The zero-order valence-corrected chi connectivity index (χ0v) is 15.5. The van der Waals surface area contributed by atoms with Gasteiger partial charge in [-0.05, 0) is 30.2 Å². The summed E-state index contributed by atoms with van der Waals surface area (Å²) in [5.41, 5.74) is 1.30. The number of carbonyl (C=O) groups is 1. The van der Waals surface area contributed by atoms with E-state index in [1.165, 1.54) is 12.1 Å². The van der Waals surface area contributed by atoms with Crippen molar-refractivity contribution in [3.63, 3.8) is 0 Å². The number of anilines is 1. The maximum Gasteiger partial charge on any atom is 0.306 e. The Morgan fingerprint density at radius 1 is 1.17 bits per heavy atom. The summed E-state index contributed by atoms with van der Waals surface area (Å²) in [6.07, 6.45) is 0.898. The molecule has 0 fully saturated rings. The van der Waals surface area contributed by atoms with Crippen LogP contribution in [0.4, 0.5) is 15.8 Å². The smallest absolute Gasteiger partial charge is 0.306 e. The molecule has 0 atom stereocenters. The standard InChI is InChI=1S/C20H17FN4O4/c1-2-13-3-5-14(6-4-13)17-9-10-20(27)24(23-17)12-19(26)22-15-7-8-16(21)18(11-15)25(28)29/h3-11H,2,12H2,1H3,(H,22,26). The molecule has 1 aromatic heterocycles. The Morgan fingerprint density at radius 3 is 2.55 bits per heavy atom. The highest BCUT2D eigenvalue weighted by atomic mass is 19.1. The van der Waals surface area contributed by atoms with Crippen molar-refractivity contribution in [1.29, 1.82) is 0 Å². The fourth-order valence-corrected chi connectivity index (χ4v) is 2.69. The number of nitrogens with zero attached hydrogens (tertiary/aromatic N) is 3. The van der Waals surface area contributed by atoms with Gasteiger partial charge in [-0.25, -0.2) is 4.68 Å². The monoisotopic (exact) mass is 396 g/mol. The van der Waals surface area contributed by atoms with Crippen LogP contribution in [-0.2, 0) is 17.8 Å². The molecule has 3 rings (SSSR count). The van der Waals surface area contributed by atoms with Crippen LogP contribution in [0.5, 0.6) is 0 Å². The van der Waals surface area contributed by atoms with Crippen molar-refractivity contribution >= 4 is 17.3 Å². The van der Waals surface area contributed by atoms with Crippen LogP contribution in [-0.4, -0.2) is 20.6 Å². The van der Waals surface area contributed by atoms with Crippen LogP contribution >= 0.6 is 0 Å². The highest BCUT2D eigenvalue weighted by molar-refractivity contribution is 5.90. The zero-order chi connectivity index (χ0) is 21.0. The van der Waals surface area contributed by atoms with Crippen molar-refractivity contribution in [2.24, 2.45) is 0 Å². The van der Waals surface area contributed by atoms with E-state index in [0.29, 0.717) is 5.69 Å². The van der Waals surface area contributed by atoms with E-state index < -0.39 is 34.4 Å². The third-order valence-electron chi connectivity index (χ3n) is 4.24. The summed E-state index contributed by atoms with van der Waals surface area (Å²) in [6.45, 7) is 1.65. The van der Waals surface area contributed by atoms with E-state index in [1.54, 1.807) is 6.07 Å². The summed E-state index contributed by atoms with van der Waals surface area (Å²) in [4.78, 5) is 34.2. The number of nitro benzene ring substituents is 1. The van der Waals surface area contributed by atoms with Crippen LogP contribution in [0.15, 0.2) is 59.4 Å². The van der Waals surface area contributed by atoms with Crippen molar-refractivity contribution in [1.82, 2.24) is 9.78 Å². The molecule has 9 heteroatoms. The average molecular weight is 396 g/mol. The van der Waals surface area contributed by atoms with Gasteiger partial charge in [0.05, 0.1) is 10.6 Å². The summed E-state index contributed by atoms with van der Waals surface area (Å²) >= 11 is 0. The molecule has 29 heavy (non-hydrogen) atoms. The predicted molar refractivity (Wildman–Crippen MR) is 105 cm³/mol. The molecule has 3 aromatic rings. The molecule has 0 aliphatic heterocycles. The van der Waals surface area contributed by atoms with Gasteiger partial charge in [-0.1, -0.05) is 31.2 Å². The molecule has 0 aliphatic carbocycles. The first-order valence-electron chi connectivity index (χ1n) is 8.78. The summed E-state index contributed by atoms with van der Waals surface area (Å²) in [5, 5.41) is 17.4. The van der Waals surface area contributed by atoms with Gasteiger partial charge in [-0.3, -0.25) is 19.7 Å². The van der Waals surface area contributed by atoms with Gasteiger partial charge in [0.1, 0.15) is 6.54 Å². The fraction of sp³-hybridized carbons (Fsp3) is 0.150. The average Bonchev–Trinajstić information content (AvgIpc) is 2.71. The van der Waals surface area contributed by atoms with Gasteiger partial charge in [-0.15, -0.1) is 0 Å². The Balaban J connectivity index is 1.79. The number of halogens is 1. The van der Waals surface area contributed by atoms with Gasteiger partial charge >= 0.3 is 5.69 Å². The van der Waals surface area contributed by atoms with Gasteiger partial charge in [0.15, 0.2) is 0 Å². The molecule has 8 nitrogen and oxygen atoms in total. The van der Waals surface area contributed by atoms with Crippen LogP contribution < -0.4 is 10.9 Å². The van der Waals surface area contributed by atoms with Crippen molar-refractivity contribution in [3.05, 3.63) is 86.4 Å². The number of hydrogen-bond donors (Lipinski definition) is 1. The third kappa shape index (κ3) is 4.70. The van der Waals surface area contributed by atoms with Crippen LogP contribution in [0.25, 0.3) is 11.3 Å². The van der Waals surface area contributed by atoms with E-state index >= 15 is 0 Å². The summed E-state index contributed by atoms with van der Waals surface area (Å²) in [7, 11) is 0. The van der Waals surface area contributed by atoms with Gasteiger partial charge in [0, 0.05) is 23.4 Å². The minimum atomic E-state index is -1.01. The van der Waals surface area contributed by atoms with Gasteiger partial charge in [0.25, 0.3) is 5.56 Å². The van der Waals surface area contributed by atoms with Gasteiger partial charge in [0.2, 0.25) is 11.7 Å². The summed E-state index contributed by atoms with van der Waals surface area (Å²) in [6, 6.07) is 13.6. The first kappa shape index (κ1) is 19.9. The SMILES string of the molecule is CCc1ccc(-c2ccc(=O)n(CC(=O)Nc3ccc(F)c([N+](=O)[O-])c3)n2)cc1. The maximum atomic E-state index is 13.4. The molecule has 0 saturated heterocycles. The lowest BCUT2D eigenvalue weighted by molar-refractivity contribution is -0.387. The van der Waals surface area contributed by atoms with Crippen LogP contribution in [0, 0.1) is 15.9 Å². The Hall–Kier alpha value is -3.88. The highest BCUT2D eigenvalue weighted by Crippen LogP contribution is 2.21. The molecule has 0 spiro atoms. The van der Waals surface area contributed by atoms with Crippen LogP contribution in [0.3, 0.4) is 0 Å². The number of amides is 1. The summed E-state index contributed by atoms with van der Waals surface area (Å²) < 4.78 is 14.4. The number of nitro groups is 1. The minimum Gasteiger partial charge on any atom is -0.324 e. The number of nitrogens with one attached hydrogen (secondary N) is 1. The van der Waals surface area contributed by atoms with E-state index in [-0.39, 0.29) is 5.69 Å². The first-order chi connectivity index (χ1) is 13.9. The molecule has 1 N–H and O–H groups in total. The fourth-order valence-electron chi connectivity index (χ4n) is 2.69. The molecule has 0 radical (unpaired) electrons. The lowest BCUT2D eigenvalue weighted by Gasteiger charge is -2.09. The number of hydrogen-bond acceptors (Lipinski definition) is 5. The van der Waals surface area contributed by atoms with Crippen molar-refractivity contribution in [2.75, 3.05) is 5.32 Å². The normalized spacial score (nSPS) is 10.6. The van der Waals surface area contributed by atoms with E-state index in [1.807, 2.05) is 31.2 Å². The number of carbonyl (C=O) groups excluding carboxylic acids is 1. The Bertz CT molecular complexity index is 1130. The Kier molecular flexibility index (Phi) is 5.77. The minimum absolute atomic E-state index is 0.0439. The molecular formula is C20H17FN4O4. The predicted octanol–water partition coefficient (Wildman–Crippen LogP) is 3.16. The second-order valence-corrected chi connectivity index (χ2v) is 6.24. The van der Waals surface area contributed by atoms with E-state index in [0.717, 1.165) is 34.4 Å². The topological polar surface area (TPSA) is 107 Å². The van der Waals surface area contributed by atoms with Crippen molar-refractivity contribution in [3.8, 4) is 11.3 Å². The molecule has 148 valence electrons. The van der Waals surface area contributed by atoms with E-state index in [4.69, 9.17) is 0 Å². The third-order valence-corrected chi connectivity index (χ3v) is 4.24. The molecule has 0 saturated carbocycles. The second-order valence-electron chi connectivity index (χ2n) is 6.24. The summed E-state index contributed by atoms with van der Waals surface area (Å²) in [5.74, 6) is -1.63. The quantitative estimate of drug-likeness (QED) is 0.509. The molecule has 2 aromatic carbocycles. The van der Waals surface area contributed by atoms with Crippen LogP contribution in [0.2, 0.25) is 0 Å².